The van der Waals surface area contributed by atoms with Crippen LogP contribution in [0.3, 0.4) is 0 Å². The summed E-state index contributed by atoms with van der Waals surface area (Å²) in [4.78, 5) is 29.7. The van der Waals surface area contributed by atoms with E-state index in [0.29, 0.717) is 0 Å². The summed E-state index contributed by atoms with van der Waals surface area (Å²) in [5.41, 5.74) is 2.57. The first-order chi connectivity index (χ1) is 12.1. The monoisotopic (exact) mass is 340 g/mol. The van der Waals surface area contributed by atoms with Crippen molar-refractivity contribution in [3.05, 3.63) is 35.4 Å². The Morgan fingerprint density at radius 2 is 1.60 bits per heavy atom. The molecule has 4 nitrogen and oxygen atoms in total. The van der Waals surface area contributed by atoms with Crippen molar-refractivity contribution in [3.8, 4) is 0 Å². The van der Waals surface area contributed by atoms with Gasteiger partial charge in [0.25, 0.3) is 0 Å². The van der Waals surface area contributed by atoms with Gasteiger partial charge in [-0.25, -0.2) is 0 Å². The minimum atomic E-state index is -0.202. The highest BCUT2D eigenvalue weighted by molar-refractivity contribution is 5.90. The summed E-state index contributed by atoms with van der Waals surface area (Å²) in [6.45, 7) is 3.71. The topological polar surface area (TPSA) is 40.6 Å². The summed E-state index contributed by atoms with van der Waals surface area (Å²) in [6.07, 6.45) is 6.90. The predicted molar refractivity (Wildman–Crippen MR) is 97.1 cm³/mol. The SMILES string of the molecule is Cc1ccc(C[C@H]2CCCN2C(=O)[C@@H]2CCCN2C(=O)C2CC2)cc1. The van der Waals surface area contributed by atoms with Crippen molar-refractivity contribution in [2.75, 3.05) is 13.1 Å². The zero-order chi connectivity index (χ0) is 17.4. The van der Waals surface area contributed by atoms with Crippen molar-refractivity contribution >= 4 is 11.8 Å². The number of rotatable bonds is 4. The number of likely N-dealkylation sites (tertiary alicyclic amines) is 2. The molecule has 0 bridgehead atoms. The Morgan fingerprint density at radius 1 is 0.920 bits per heavy atom. The largest absolute Gasteiger partial charge is 0.338 e. The molecular weight excluding hydrogens is 312 g/mol. The standard InChI is InChI=1S/C21H28N2O2/c1-15-6-8-16(9-7-15)14-18-4-2-12-22(18)21(25)19-5-3-13-23(19)20(24)17-10-11-17/h6-9,17-19H,2-5,10-14H2,1H3/t18-,19+/m1/s1. The highest BCUT2D eigenvalue weighted by Crippen LogP contribution is 2.34. The van der Waals surface area contributed by atoms with E-state index in [4.69, 9.17) is 0 Å². The number of carbonyl (C=O) groups is 2. The number of benzene rings is 1. The van der Waals surface area contributed by atoms with E-state index in [9.17, 15) is 9.59 Å². The van der Waals surface area contributed by atoms with Gasteiger partial charge in [-0.15, -0.1) is 0 Å². The third-order valence-corrected chi connectivity index (χ3v) is 6.00. The van der Waals surface area contributed by atoms with Crippen LogP contribution in [-0.2, 0) is 16.0 Å². The van der Waals surface area contributed by atoms with Crippen molar-refractivity contribution in [3.63, 3.8) is 0 Å². The van der Waals surface area contributed by atoms with Crippen LogP contribution >= 0.6 is 0 Å². The molecule has 1 aliphatic carbocycles. The molecule has 25 heavy (non-hydrogen) atoms. The number of aryl methyl sites for hydroxylation is 1. The minimum Gasteiger partial charge on any atom is -0.338 e. The van der Waals surface area contributed by atoms with Crippen LogP contribution in [0.5, 0.6) is 0 Å². The molecule has 4 heteroatoms. The van der Waals surface area contributed by atoms with E-state index in [1.54, 1.807) is 0 Å². The number of hydrogen-bond donors (Lipinski definition) is 0. The van der Waals surface area contributed by atoms with Gasteiger partial charge in [0.2, 0.25) is 11.8 Å². The van der Waals surface area contributed by atoms with Crippen molar-refractivity contribution in [2.24, 2.45) is 5.92 Å². The second kappa shape index (κ2) is 6.81. The third kappa shape index (κ3) is 3.44. The summed E-state index contributed by atoms with van der Waals surface area (Å²) in [7, 11) is 0. The lowest BCUT2D eigenvalue weighted by atomic mass is 10.0. The van der Waals surface area contributed by atoms with Crippen LogP contribution in [0.25, 0.3) is 0 Å². The van der Waals surface area contributed by atoms with E-state index in [1.807, 2.05) is 4.90 Å². The Hall–Kier alpha value is -1.84. The van der Waals surface area contributed by atoms with Crippen LogP contribution < -0.4 is 0 Å². The second-order valence-electron chi connectivity index (χ2n) is 7.98. The summed E-state index contributed by atoms with van der Waals surface area (Å²) >= 11 is 0. The number of hydrogen-bond acceptors (Lipinski definition) is 2. The third-order valence-electron chi connectivity index (χ3n) is 6.00. The molecule has 1 aromatic carbocycles. The lowest BCUT2D eigenvalue weighted by Crippen LogP contribution is -2.50. The highest BCUT2D eigenvalue weighted by Gasteiger charge is 2.43. The van der Waals surface area contributed by atoms with Gasteiger partial charge in [0.05, 0.1) is 0 Å². The quantitative estimate of drug-likeness (QED) is 0.845. The van der Waals surface area contributed by atoms with E-state index in [1.165, 1.54) is 11.1 Å². The first kappa shape index (κ1) is 16.6. The molecule has 0 aromatic heterocycles. The Morgan fingerprint density at radius 3 is 2.32 bits per heavy atom. The molecule has 2 saturated heterocycles. The predicted octanol–water partition coefficient (Wildman–Crippen LogP) is 2.93. The lowest BCUT2D eigenvalue weighted by Gasteiger charge is -2.31. The molecule has 3 aliphatic rings. The van der Waals surface area contributed by atoms with Crippen molar-refractivity contribution in [1.29, 1.82) is 0 Å². The van der Waals surface area contributed by atoms with Crippen LogP contribution in [0, 0.1) is 12.8 Å². The molecule has 2 heterocycles. The molecule has 1 aromatic rings. The fraction of sp³-hybridized carbons (Fsp3) is 0.619. The number of amides is 2. The number of carbonyl (C=O) groups excluding carboxylic acids is 2. The van der Waals surface area contributed by atoms with Crippen LogP contribution in [0.1, 0.15) is 49.7 Å². The molecular formula is C21H28N2O2. The van der Waals surface area contributed by atoms with Gasteiger partial charge >= 0.3 is 0 Å². The van der Waals surface area contributed by atoms with Gasteiger partial charge in [-0.3, -0.25) is 9.59 Å². The molecule has 1 saturated carbocycles. The van der Waals surface area contributed by atoms with Gasteiger partial charge in [-0.05, 0) is 57.4 Å². The van der Waals surface area contributed by atoms with E-state index < -0.39 is 0 Å². The zero-order valence-corrected chi connectivity index (χ0v) is 15.1. The first-order valence-electron chi connectivity index (χ1n) is 9.80. The zero-order valence-electron chi connectivity index (χ0n) is 15.1. The molecule has 134 valence electrons. The smallest absolute Gasteiger partial charge is 0.245 e. The molecule has 2 atom stereocenters. The molecule has 4 rings (SSSR count). The van der Waals surface area contributed by atoms with Crippen LogP contribution in [-0.4, -0.2) is 46.8 Å². The van der Waals surface area contributed by atoms with Gasteiger partial charge in [-0.2, -0.15) is 0 Å². The molecule has 0 N–H and O–H groups in total. The lowest BCUT2D eigenvalue weighted by molar-refractivity contribution is -0.145. The summed E-state index contributed by atoms with van der Waals surface area (Å²) in [5.74, 6) is 0.626. The van der Waals surface area contributed by atoms with Gasteiger partial charge in [0.1, 0.15) is 6.04 Å². The molecule has 0 unspecified atom stereocenters. The van der Waals surface area contributed by atoms with Gasteiger partial charge < -0.3 is 9.80 Å². The molecule has 0 radical (unpaired) electrons. The van der Waals surface area contributed by atoms with E-state index >= 15 is 0 Å². The van der Waals surface area contributed by atoms with Crippen LogP contribution in [0.2, 0.25) is 0 Å². The summed E-state index contributed by atoms with van der Waals surface area (Å²) < 4.78 is 0. The number of nitrogens with zero attached hydrogens (tertiary/aromatic N) is 2. The Kier molecular flexibility index (Phi) is 4.53. The Labute approximate surface area is 150 Å². The van der Waals surface area contributed by atoms with Crippen molar-refractivity contribution in [2.45, 2.75) is 64.0 Å². The average molecular weight is 340 g/mol. The Balaban J connectivity index is 1.44. The molecule has 0 spiro atoms. The fourth-order valence-corrected chi connectivity index (χ4v) is 4.38. The Bertz CT molecular complexity index is 650. The van der Waals surface area contributed by atoms with Gasteiger partial charge in [0.15, 0.2) is 0 Å². The summed E-state index contributed by atoms with van der Waals surface area (Å²) in [5, 5.41) is 0. The maximum Gasteiger partial charge on any atom is 0.245 e. The van der Waals surface area contributed by atoms with Crippen LogP contribution in [0.15, 0.2) is 24.3 Å². The maximum absolute atomic E-state index is 13.2. The first-order valence-corrected chi connectivity index (χ1v) is 9.80. The minimum absolute atomic E-state index is 0.195. The van der Waals surface area contributed by atoms with E-state index in [2.05, 4.69) is 36.1 Å². The molecule has 3 fully saturated rings. The normalized spacial score (nSPS) is 26.3. The molecule has 2 amide bonds. The van der Waals surface area contributed by atoms with E-state index in [0.717, 1.165) is 58.0 Å². The average Bonchev–Trinajstić information content (AvgIpc) is 3.17. The fourth-order valence-electron chi connectivity index (χ4n) is 4.38. The van der Waals surface area contributed by atoms with Crippen molar-refractivity contribution in [1.82, 2.24) is 9.80 Å². The van der Waals surface area contributed by atoms with Gasteiger partial charge in [-0.1, -0.05) is 29.8 Å². The molecule has 2 aliphatic heterocycles. The van der Waals surface area contributed by atoms with E-state index in [-0.39, 0.29) is 29.8 Å². The van der Waals surface area contributed by atoms with Gasteiger partial charge in [0, 0.05) is 25.0 Å². The van der Waals surface area contributed by atoms with Crippen molar-refractivity contribution < 1.29 is 9.59 Å². The maximum atomic E-state index is 13.2. The summed E-state index contributed by atoms with van der Waals surface area (Å²) in [6, 6.07) is 8.72. The van der Waals surface area contributed by atoms with Crippen LogP contribution in [0.4, 0.5) is 0 Å². The second-order valence-corrected chi connectivity index (χ2v) is 7.98. The highest BCUT2D eigenvalue weighted by atomic mass is 16.2.